The summed E-state index contributed by atoms with van der Waals surface area (Å²) in [5, 5.41) is 10.6. The number of fused-ring (bicyclic) bond motifs is 1. The van der Waals surface area contributed by atoms with Gasteiger partial charge in [-0.25, -0.2) is 0 Å². The predicted molar refractivity (Wildman–Crippen MR) is 77.5 cm³/mol. The fourth-order valence-corrected chi connectivity index (χ4v) is 3.50. The molecule has 0 saturated carbocycles. The third-order valence-electron chi connectivity index (χ3n) is 4.66. The van der Waals surface area contributed by atoms with Crippen LogP contribution in [0.5, 0.6) is 0 Å². The van der Waals surface area contributed by atoms with E-state index < -0.39 is 16.4 Å². The summed E-state index contributed by atoms with van der Waals surface area (Å²) in [6.45, 7) is 6.09. The molecule has 0 aromatic heterocycles. The van der Waals surface area contributed by atoms with Crippen molar-refractivity contribution in [3.63, 3.8) is 0 Å². The average molecular weight is 293 g/mol. The van der Waals surface area contributed by atoms with Crippen molar-refractivity contribution in [2.45, 2.75) is 38.4 Å². The van der Waals surface area contributed by atoms with Crippen LogP contribution in [0.25, 0.3) is 0 Å². The van der Waals surface area contributed by atoms with Gasteiger partial charge < -0.3 is 0 Å². The maximum atomic E-state index is 13.7. The highest BCUT2D eigenvalue weighted by Gasteiger charge is 2.34. The van der Waals surface area contributed by atoms with E-state index in [-0.39, 0.29) is 0 Å². The Morgan fingerprint density at radius 2 is 2.24 bits per heavy atom. The third-order valence-corrected chi connectivity index (χ3v) is 4.66. The Hall–Kier alpha value is -1.53. The number of hydrogen-bond donors (Lipinski definition) is 0. The van der Waals surface area contributed by atoms with Gasteiger partial charge in [-0.2, -0.15) is 4.39 Å². The van der Waals surface area contributed by atoms with Crippen LogP contribution in [0.3, 0.4) is 0 Å². The average Bonchev–Trinajstić information content (AvgIpc) is 2.86. The van der Waals surface area contributed by atoms with Crippen molar-refractivity contribution in [2.75, 3.05) is 19.6 Å². The van der Waals surface area contributed by atoms with E-state index in [0.717, 1.165) is 18.7 Å². The summed E-state index contributed by atoms with van der Waals surface area (Å²) in [5.74, 6) is -0.746. The molecule has 2 aliphatic heterocycles. The van der Waals surface area contributed by atoms with Gasteiger partial charge in [-0.1, -0.05) is 6.07 Å². The van der Waals surface area contributed by atoms with Gasteiger partial charge in [0.1, 0.15) is 0 Å². The quantitative estimate of drug-likeness (QED) is 0.634. The second-order valence-electron chi connectivity index (χ2n) is 6.11. The molecule has 3 rings (SSSR count). The number of benzene rings is 1. The Kier molecular flexibility index (Phi) is 3.91. The van der Waals surface area contributed by atoms with Gasteiger partial charge in [-0.05, 0) is 37.9 Å². The Morgan fingerprint density at radius 3 is 2.95 bits per heavy atom. The molecular weight excluding hydrogens is 273 g/mol. The standard InChI is InChI=1S/C15H20FN3O2/c1-11-8-17-6-2-3-13(17)10-18(11)9-12-4-5-15(19(20)21)14(16)7-12/h4-5,7,11,13H,2-3,6,8-10H2,1H3. The highest BCUT2D eigenvalue weighted by molar-refractivity contribution is 5.35. The Bertz CT molecular complexity index is 552. The van der Waals surface area contributed by atoms with E-state index in [9.17, 15) is 14.5 Å². The maximum absolute atomic E-state index is 13.7. The number of nitro benzene ring substituents is 1. The molecule has 5 nitrogen and oxygen atoms in total. The van der Waals surface area contributed by atoms with Crippen LogP contribution in [0.4, 0.5) is 10.1 Å². The fraction of sp³-hybridized carbons (Fsp3) is 0.600. The third kappa shape index (κ3) is 2.91. The Balaban J connectivity index is 1.71. The van der Waals surface area contributed by atoms with E-state index in [2.05, 4.69) is 16.7 Å². The molecule has 0 aliphatic carbocycles. The highest BCUT2D eigenvalue weighted by Crippen LogP contribution is 2.26. The molecule has 2 aliphatic rings. The van der Waals surface area contributed by atoms with Crippen molar-refractivity contribution in [1.29, 1.82) is 0 Å². The van der Waals surface area contributed by atoms with Crippen LogP contribution in [-0.4, -0.2) is 46.4 Å². The van der Waals surface area contributed by atoms with Gasteiger partial charge in [0.05, 0.1) is 4.92 Å². The monoisotopic (exact) mass is 293 g/mol. The number of hydrogen-bond acceptors (Lipinski definition) is 4. The first-order chi connectivity index (χ1) is 10.0. The summed E-state index contributed by atoms with van der Waals surface area (Å²) in [6, 6.07) is 5.27. The zero-order valence-corrected chi connectivity index (χ0v) is 12.2. The van der Waals surface area contributed by atoms with E-state index >= 15 is 0 Å². The summed E-state index contributed by atoms with van der Waals surface area (Å²) < 4.78 is 13.7. The first kappa shape index (κ1) is 14.4. The van der Waals surface area contributed by atoms with Gasteiger partial charge in [0.25, 0.3) is 0 Å². The molecule has 0 spiro atoms. The Morgan fingerprint density at radius 1 is 1.43 bits per heavy atom. The smallest absolute Gasteiger partial charge is 0.298 e. The number of nitrogens with zero attached hydrogens (tertiary/aromatic N) is 3. The van der Waals surface area contributed by atoms with Crippen molar-refractivity contribution in [3.8, 4) is 0 Å². The molecule has 114 valence electrons. The predicted octanol–water partition coefficient (Wildman–Crippen LogP) is 2.40. The van der Waals surface area contributed by atoms with E-state index in [1.807, 2.05) is 0 Å². The molecule has 2 heterocycles. The summed E-state index contributed by atoms with van der Waals surface area (Å²) in [5.41, 5.74) is 0.351. The van der Waals surface area contributed by atoms with E-state index in [4.69, 9.17) is 0 Å². The van der Waals surface area contributed by atoms with Crippen LogP contribution in [0, 0.1) is 15.9 Å². The maximum Gasteiger partial charge on any atom is 0.304 e. The largest absolute Gasteiger partial charge is 0.304 e. The van der Waals surface area contributed by atoms with Gasteiger partial charge in [0.2, 0.25) is 5.82 Å². The lowest BCUT2D eigenvalue weighted by molar-refractivity contribution is -0.387. The molecule has 21 heavy (non-hydrogen) atoms. The molecule has 2 saturated heterocycles. The zero-order valence-electron chi connectivity index (χ0n) is 12.2. The van der Waals surface area contributed by atoms with Crippen LogP contribution in [0.1, 0.15) is 25.3 Å². The molecule has 1 aromatic carbocycles. The number of halogens is 1. The number of piperazine rings is 1. The van der Waals surface area contributed by atoms with Gasteiger partial charge in [-0.3, -0.25) is 19.9 Å². The molecule has 6 heteroatoms. The van der Waals surface area contributed by atoms with Crippen molar-refractivity contribution in [1.82, 2.24) is 9.80 Å². The van der Waals surface area contributed by atoms with E-state index in [0.29, 0.717) is 18.6 Å². The number of nitro groups is 1. The van der Waals surface area contributed by atoms with Crippen LogP contribution < -0.4 is 0 Å². The van der Waals surface area contributed by atoms with Gasteiger partial charge in [0.15, 0.2) is 0 Å². The second kappa shape index (κ2) is 5.69. The zero-order chi connectivity index (χ0) is 15.0. The SMILES string of the molecule is CC1CN2CCCC2CN1Cc1ccc([N+](=O)[O-])c(F)c1. The normalized spacial score (nSPS) is 26.8. The summed E-state index contributed by atoms with van der Waals surface area (Å²) in [6.07, 6.45) is 2.50. The first-order valence-corrected chi connectivity index (χ1v) is 7.45. The van der Waals surface area contributed by atoms with Gasteiger partial charge in [0, 0.05) is 37.8 Å². The molecule has 0 N–H and O–H groups in total. The van der Waals surface area contributed by atoms with E-state index in [1.54, 1.807) is 6.07 Å². The lowest BCUT2D eigenvalue weighted by Crippen LogP contribution is -2.54. The lowest BCUT2D eigenvalue weighted by atomic mass is 10.1. The number of rotatable bonds is 3. The summed E-state index contributed by atoms with van der Waals surface area (Å²) in [4.78, 5) is 14.9. The van der Waals surface area contributed by atoms with Gasteiger partial charge >= 0.3 is 5.69 Å². The molecule has 0 radical (unpaired) electrons. The summed E-state index contributed by atoms with van der Waals surface area (Å²) in [7, 11) is 0. The molecule has 1 aromatic rings. The minimum absolute atomic E-state index is 0.428. The second-order valence-corrected chi connectivity index (χ2v) is 6.11. The molecule has 0 amide bonds. The minimum Gasteiger partial charge on any atom is -0.298 e. The van der Waals surface area contributed by atoms with Crippen molar-refractivity contribution in [2.24, 2.45) is 0 Å². The molecule has 0 bridgehead atoms. The van der Waals surface area contributed by atoms with E-state index in [1.165, 1.54) is 31.5 Å². The lowest BCUT2D eigenvalue weighted by Gasteiger charge is -2.42. The first-order valence-electron chi connectivity index (χ1n) is 7.45. The summed E-state index contributed by atoms with van der Waals surface area (Å²) >= 11 is 0. The van der Waals surface area contributed by atoms with Crippen molar-refractivity contribution < 1.29 is 9.31 Å². The molecule has 2 atom stereocenters. The fourth-order valence-electron chi connectivity index (χ4n) is 3.50. The van der Waals surface area contributed by atoms with Crippen molar-refractivity contribution in [3.05, 3.63) is 39.7 Å². The Labute approximate surface area is 123 Å². The molecule has 2 fully saturated rings. The van der Waals surface area contributed by atoms with Gasteiger partial charge in [-0.15, -0.1) is 0 Å². The van der Waals surface area contributed by atoms with Crippen LogP contribution in [0.2, 0.25) is 0 Å². The van der Waals surface area contributed by atoms with Crippen molar-refractivity contribution >= 4 is 5.69 Å². The van der Waals surface area contributed by atoms with Crippen LogP contribution in [-0.2, 0) is 6.54 Å². The van der Waals surface area contributed by atoms with Crippen LogP contribution in [0.15, 0.2) is 18.2 Å². The minimum atomic E-state index is -0.746. The molecule has 2 unspecified atom stereocenters. The molecular formula is C15H20FN3O2. The van der Waals surface area contributed by atoms with Crippen LogP contribution >= 0.6 is 0 Å². The highest BCUT2D eigenvalue weighted by atomic mass is 19.1. The topological polar surface area (TPSA) is 49.6 Å².